The second-order valence-electron chi connectivity index (χ2n) is 8.34. The van der Waals surface area contributed by atoms with Crippen molar-refractivity contribution in [2.24, 2.45) is 5.92 Å². The van der Waals surface area contributed by atoms with Gasteiger partial charge in [0.05, 0.1) is 11.7 Å². The molecule has 0 spiro atoms. The highest BCUT2D eigenvalue weighted by molar-refractivity contribution is 5.93. The molecule has 2 aromatic heterocycles. The summed E-state index contributed by atoms with van der Waals surface area (Å²) in [6.07, 6.45) is -2.61. The minimum atomic E-state index is -4.42. The Labute approximate surface area is 173 Å². The van der Waals surface area contributed by atoms with E-state index >= 15 is 0 Å². The van der Waals surface area contributed by atoms with Crippen LogP contribution in [0.4, 0.5) is 19.0 Å². The van der Waals surface area contributed by atoms with Gasteiger partial charge in [-0.25, -0.2) is 4.68 Å². The fraction of sp³-hybridized carbons (Fsp3) is 0.650. The molecule has 1 amide bonds. The van der Waals surface area contributed by atoms with E-state index in [1.807, 2.05) is 32.4 Å². The molecule has 1 aliphatic carbocycles. The average Bonchev–Trinajstić information content (AvgIpc) is 3.35. The van der Waals surface area contributed by atoms with Crippen molar-refractivity contribution >= 4 is 11.7 Å². The molecule has 4 rings (SSSR count). The molecule has 0 bridgehead atoms. The molecular formula is C20H27F3N6O. The molecule has 30 heavy (non-hydrogen) atoms. The lowest BCUT2D eigenvalue weighted by Gasteiger charge is -2.33. The van der Waals surface area contributed by atoms with Crippen LogP contribution in [0.1, 0.15) is 72.6 Å². The number of aryl methyl sites for hydroxylation is 2. The number of fused-ring (bicyclic) bond motifs is 1. The second kappa shape index (κ2) is 7.31. The average molecular weight is 424 g/mol. The molecular weight excluding hydrogens is 397 g/mol. The Morgan fingerprint density at radius 1 is 1.33 bits per heavy atom. The van der Waals surface area contributed by atoms with Crippen LogP contribution in [0.15, 0.2) is 6.07 Å². The highest BCUT2D eigenvalue weighted by atomic mass is 19.4. The van der Waals surface area contributed by atoms with Gasteiger partial charge in [-0.1, -0.05) is 0 Å². The predicted octanol–water partition coefficient (Wildman–Crippen LogP) is 3.90. The molecule has 7 nitrogen and oxygen atoms in total. The maximum Gasteiger partial charge on any atom is 0.410 e. The van der Waals surface area contributed by atoms with Crippen LogP contribution >= 0.6 is 0 Å². The number of hydrogen-bond donors (Lipinski definition) is 2. The molecule has 1 unspecified atom stereocenters. The molecule has 2 aliphatic rings. The van der Waals surface area contributed by atoms with Crippen LogP contribution in [-0.2, 0) is 6.54 Å². The van der Waals surface area contributed by atoms with Gasteiger partial charge in [0.25, 0.3) is 5.91 Å². The largest absolute Gasteiger partial charge is 0.410 e. The third kappa shape index (κ3) is 3.67. The van der Waals surface area contributed by atoms with Gasteiger partial charge in [-0.2, -0.15) is 23.4 Å². The van der Waals surface area contributed by atoms with Crippen molar-refractivity contribution in [2.45, 2.75) is 77.8 Å². The van der Waals surface area contributed by atoms with E-state index in [0.717, 1.165) is 34.5 Å². The highest BCUT2D eigenvalue weighted by Gasteiger charge is 2.49. The van der Waals surface area contributed by atoms with Crippen LogP contribution in [0.5, 0.6) is 0 Å². The molecule has 1 saturated carbocycles. The Morgan fingerprint density at radius 3 is 2.60 bits per heavy atom. The van der Waals surface area contributed by atoms with Crippen molar-refractivity contribution in [1.29, 1.82) is 0 Å². The molecule has 0 aromatic carbocycles. The Kier molecular flexibility index (Phi) is 5.06. The zero-order valence-corrected chi connectivity index (χ0v) is 17.5. The second-order valence-corrected chi connectivity index (χ2v) is 8.34. The molecule has 3 heterocycles. The first-order valence-electron chi connectivity index (χ1n) is 10.4. The van der Waals surface area contributed by atoms with Crippen LogP contribution < -0.4 is 10.6 Å². The van der Waals surface area contributed by atoms with Gasteiger partial charge < -0.3 is 10.6 Å². The highest BCUT2D eigenvalue weighted by Crippen LogP contribution is 2.45. The number of halogens is 3. The number of carbonyl (C=O) groups is 1. The van der Waals surface area contributed by atoms with E-state index in [9.17, 15) is 18.0 Å². The van der Waals surface area contributed by atoms with E-state index in [1.54, 1.807) is 0 Å². The number of hydrogen-bond acceptors (Lipinski definition) is 4. The standard InChI is InChI=1S/C20H27F3N6O/c1-5-28-12(4)18(11(3)26-28)10(2)24-19(30)15-9-17-25-14(13-6-7-13)8-16(20(21,22)23)29(17)27-15/h9-10,13-14,16,25H,5-8H2,1-4H3,(H,24,30)/t10?,14-,16+/m0/s1. The van der Waals surface area contributed by atoms with E-state index in [4.69, 9.17) is 0 Å². The predicted molar refractivity (Wildman–Crippen MR) is 105 cm³/mol. The van der Waals surface area contributed by atoms with E-state index < -0.39 is 18.1 Å². The van der Waals surface area contributed by atoms with Crippen molar-refractivity contribution in [3.8, 4) is 0 Å². The van der Waals surface area contributed by atoms with Gasteiger partial charge in [0, 0.05) is 29.9 Å². The monoisotopic (exact) mass is 424 g/mol. The number of aromatic nitrogens is 4. The van der Waals surface area contributed by atoms with Crippen LogP contribution in [0.25, 0.3) is 0 Å². The molecule has 0 saturated heterocycles. The maximum atomic E-state index is 13.6. The molecule has 1 aliphatic heterocycles. The SMILES string of the molecule is CCn1nc(C)c(C(C)NC(=O)c2cc3n(n2)[C@@H](C(F)(F)F)C[C@@H](C2CC2)N3)c1C. The fourth-order valence-electron chi connectivity index (χ4n) is 4.51. The Balaban J connectivity index is 1.57. The van der Waals surface area contributed by atoms with Crippen LogP contribution in [0, 0.1) is 19.8 Å². The van der Waals surface area contributed by atoms with Crippen LogP contribution in [-0.4, -0.2) is 37.7 Å². The topological polar surface area (TPSA) is 76.8 Å². The first-order valence-corrected chi connectivity index (χ1v) is 10.4. The van der Waals surface area contributed by atoms with E-state index in [0.29, 0.717) is 6.54 Å². The molecule has 164 valence electrons. The van der Waals surface area contributed by atoms with Crippen molar-refractivity contribution < 1.29 is 18.0 Å². The third-order valence-electron chi connectivity index (χ3n) is 6.16. The summed E-state index contributed by atoms with van der Waals surface area (Å²) in [5.74, 6) is 0.0134. The van der Waals surface area contributed by atoms with Gasteiger partial charge in [-0.05, 0) is 52.9 Å². The third-order valence-corrected chi connectivity index (χ3v) is 6.16. The summed E-state index contributed by atoms with van der Waals surface area (Å²) < 4.78 is 43.7. The van der Waals surface area contributed by atoms with Crippen molar-refractivity contribution in [3.05, 3.63) is 28.7 Å². The molecule has 0 radical (unpaired) electrons. The maximum absolute atomic E-state index is 13.6. The van der Waals surface area contributed by atoms with Crippen molar-refractivity contribution in [2.75, 3.05) is 5.32 Å². The number of anilines is 1. The molecule has 2 N–H and O–H groups in total. The number of nitrogens with one attached hydrogen (secondary N) is 2. The summed E-state index contributed by atoms with van der Waals surface area (Å²) in [6, 6.07) is -0.876. The molecule has 1 fully saturated rings. The fourth-order valence-corrected chi connectivity index (χ4v) is 4.51. The lowest BCUT2D eigenvalue weighted by atomic mass is 10.0. The number of carbonyl (C=O) groups excluding carboxylic acids is 1. The molecule has 10 heteroatoms. The first-order chi connectivity index (χ1) is 14.1. The minimum Gasteiger partial charge on any atom is -0.367 e. The summed E-state index contributed by atoms with van der Waals surface area (Å²) in [5.41, 5.74) is 2.66. The zero-order valence-electron chi connectivity index (χ0n) is 17.5. The summed E-state index contributed by atoms with van der Waals surface area (Å²) in [7, 11) is 0. The number of nitrogens with zero attached hydrogens (tertiary/aromatic N) is 4. The van der Waals surface area contributed by atoms with Crippen molar-refractivity contribution in [1.82, 2.24) is 24.9 Å². The first kappa shape index (κ1) is 20.7. The Morgan fingerprint density at radius 2 is 2.03 bits per heavy atom. The van der Waals surface area contributed by atoms with E-state index in [2.05, 4.69) is 20.8 Å². The normalized spacial score (nSPS) is 22.4. The zero-order chi connectivity index (χ0) is 21.8. The van der Waals surface area contributed by atoms with Gasteiger partial charge in [-0.15, -0.1) is 0 Å². The Hall–Kier alpha value is -2.52. The summed E-state index contributed by atoms with van der Waals surface area (Å²) in [6.45, 7) is 8.36. The van der Waals surface area contributed by atoms with Gasteiger partial charge in [0.2, 0.25) is 0 Å². The summed E-state index contributed by atoms with van der Waals surface area (Å²) >= 11 is 0. The quantitative estimate of drug-likeness (QED) is 0.763. The molecule has 2 aromatic rings. The molecule has 3 atom stereocenters. The number of amides is 1. The van der Waals surface area contributed by atoms with Gasteiger partial charge in [-0.3, -0.25) is 9.48 Å². The van der Waals surface area contributed by atoms with Gasteiger partial charge in [0.15, 0.2) is 11.7 Å². The summed E-state index contributed by atoms with van der Waals surface area (Å²) in [5, 5.41) is 14.5. The van der Waals surface area contributed by atoms with Crippen molar-refractivity contribution in [3.63, 3.8) is 0 Å². The minimum absolute atomic E-state index is 0.0202. The van der Waals surface area contributed by atoms with Gasteiger partial charge in [0.1, 0.15) is 5.82 Å². The lowest BCUT2D eigenvalue weighted by Crippen LogP contribution is -2.40. The summed E-state index contributed by atoms with van der Waals surface area (Å²) in [4.78, 5) is 12.8. The lowest BCUT2D eigenvalue weighted by molar-refractivity contribution is -0.174. The van der Waals surface area contributed by atoms with E-state index in [-0.39, 0.29) is 35.9 Å². The van der Waals surface area contributed by atoms with Crippen LogP contribution in [0.2, 0.25) is 0 Å². The Bertz CT molecular complexity index is 959. The van der Waals surface area contributed by atoms with Gasteiger partial charge >= 0.3 is 6.18 Å². The van der Waals surface area contributed by atoms with E-state index in [1.165, 1.54) is 6.07 Å². The van der Waals surface area contributed by atoms with Crippen LogP contribution in [0.3, 0.4) is 0 Å². The smallest absolute Gasteiger partial charge is 0.367 e. The number of alkyl halides is 3. The number of rotatable bonds is 5.